The van der Waals surface area contributed by atoms with Crippen LogP contribution in [-0.4, -0.2) is 100 Å². The quantitative estimate of drug-likeness (QED) is 0.260. The smallest absolute Gasteiger partial charge is 0.415 e. The molecule has 1 saturated heterocycles. The van der Waals surface area contributed by atoms with E-state index in [9.17, 15) is 42.4 Å². The third-order valence-electron chi connectivity index (χ3n) is 10.6. The molecule has 16 nitrogen and oxygen atoms in total. The van der Waals surface area contributed by atoms with Gasteiger partial charge >= 0.3 is 12.2 Å². The molecule has 1 aromatic rings. The highest BCUT2D eigenvalue weighted by molar-refractivity contribution is 7.90. The Morgan fingerprint density at radius 2 is 1.82 bits per heavy atom. The number of imide groups is 1. The van der Waals surface area contributed by atoms with Crippen molar-refractivity contribution in [2.45, 2.75) is 114 Å². The van der Waals surface area contributed by atoms with E-state index in [1.807, 2.05) is 9.62 Å². The summed E-state index contributed by atoms with van der Waals surface area (Å²) in [5, 5.41) is 11.7. The summed E-state index contributed by atoms with van der Waals surface area (Å²) in [6.07, 6.45) is 2.46. The summed E-state index contributed by atoms with van der Waals surface area (Å²) in [5.41, 5.74) is -0.0156. The van der Waals surface area contributed by atoms with Gasteiger partial charge in [0.2, 0.25) is 10.0 Å². The van der Waals surface area contributed by atoms with Crippen molar-refractivity contribution in [1.29, 1.82) is 0 Å². The van der Waals surface area contributed by atoms with Crippen LogP contribution in [0.3, 0.4) is 0 Å². The number of rotatable bonds is 7. The minimum absolute atomic E-state index is 0.0511. The number of fused-ring (bicyclic) bond motifs is 2. The number of carbonyl (C=O) groups excluding carboxylic acids is 4. The molecule has 0 spiro atoms. The van der Waals surface area contributed by atoms with E-state index in [1.54, 1.807) is 27.0 Å². The van der Waals surface area contributed by atoms with E-state index in [4.69, 9.17) is 9.73 Å². The zero-order chi connectivity index (χ0) is 40.0. The highest BCUT2D eigenvalue weighted by Crippen LogP contribution is 2.42. The molecule has 0 radical (unpaired) electrons. The number of nitrogens with one attached hydrogen (secondary N) is 2. The van der Waals surface area contributed by atoms with E-state index >= 15 is 4.39 Å². The fraction of sp³-hybridized carbons (Fsp3) is 0.568. The lowest BCUT2D eigenvalue weighted by Gasteiger charge is -2.32. The molecule has 1 saturated carbocycles. The number of alkyl carbamates (subject to hydrolysis) is 1. The maximum absolute atomic E-state index is 16.9. The lowest BCUT2D eigenvalue weighted by Crippen LogP contribution is -2.47. The number of aliphatic imine (C=N–C) groups is 1. The Labute approximate surface area is 317 Å². The molecule has 5 aliphatic rings. The first-order valence-electron chi connectivity index (χ1n) is 18.4. The fourth-order valence-electron chi connectivity index (χ4n) is 7.62. The number of sulfonamides is 1. The van der Waals surface area contributed by atoms with Gasteiger partial charge in [-0.3, -0.25) is 34.3 Å². The summed E-state index contributed by atoms with van der Waals surface area (Å²) in [6.45, 7) is 8.78. The summed E-state index contributed by atoms with van der Waals surface area (Å²) in [5.74, 6) is -4.70. The topological polar surface area (TPSA) is 212 Å². The van der Waals surface area contributed by atoms with Gasteiger partial charge < -0.3 is 9.84 Å². The Kier molecular flexibility index (Phi) is 11.1. The second-order valence-corrected chi connectivity index (χ2v) is 17.6. The van der Waals surface area contributed by atoms with Gasteiger partial charge in [-0.2, -0.15) is 0 Å². The number of nitroso groups, excluding NO2 is 1. The maximum Gasteiger partial charge on any atom is 0.415 e. The largest absolute Gasteiger partial charge is 0.465 e. The predicted molar refractivity (Wildman–Crippen MR) is 195 cm³/mol. The fourth-order valence-corrected chi connectivity index (χ4v) is 8.94. The van der Waals surface area contributed by atoms with Gasteiger partial charge in [-0.25, -0.2) is 27.3 Å². The Hall–Kier alpha value is -4.84. The van der Waals surface area contributed by atoms with Gasteiger partial charge in [-0.1, -0.05) is 18.7 Å². The van der Waals surface area contributed by atoms with Crippen LogP contribution < -0.4 is 10.0 Å². The molecule has 1 aromatic carbocycles. The maximum atomic E-state index is 16.9. The molecule has 3 heterocycles. The van der Waals surface area contributed by atoms with Gasteiger partial charge in [-0.15, -0.1) is 0 Å². The second kappa shape index (κ2) is 15.4. The standard InChI is InChI=1S/C37H45FN6O10S/c1-5-28(45)21-9-8-20-17-26(20)39-19-22-7-6-15-42(22)27(14-16-43(51)29(18-21)40-35(48)54-37(2,3)4)24-12-13-25-30(31(24)38)34(47)44(36(49)50)32(25)33(46)41-55(52,53)23-10-11-23/h5,12-13,19,21-23,27,29,32H,1,6-11,14-18H2,2-4H3,(H2-,40,41,46,48,49,50)/p+1/t21?,22-,27+,29-,32+/m0/s1. The number of hydrogen-bond donors (Lipinski definition) is 3. The van der Waals surface area contributed by atoms with Crippen molar-refractivity contribution in [2.75, 3.05) is 13.1 Å². The molecule has 4 amide bonds. The zero-order valence-corrected chi connectivity index (χ0v) is 31.8. The van der Waals surface area contributed by atoms with E-state index in [0.717, 1.165) is 11.3 Å². The number of allylic oxidation sites excluding steroid dienone is 3. The molecule has 0 aromatic heterocycles. The van der Waals surface area contributed by atoms with Crippen LogP contribution >= 0.6 is 0 Å². The van der Waals surface area contributed by atoms with Gasteiger partial charge in [0.1, 0.15) is 17.5 Å². The second-order valence-electron chi connectivity index (χ2n) is 15.6. The summed E-state index contributed by atoms with van der Waals surface area (Å²) < 4.78 is 50.0. The Morgan fingerprint density at radius 3 is 2.47 bits per heavy atom. The summed E-state index contributed by atoms with van der Waals surface area (Å²) >= 11 is 0. The summed E-state index contributed by atoms with van der Waals surface area (Å²) in [7, 11) is -4.14. The summed E-state index contributed by atoms with van der Waals surface area (Å²) in [4.78, 5) is 86.0. The van der Waals surface area contributed by atoms with Crippen LogP contribution in [0.25, 0.3) is 0 Å². The minimum Gasteiger partial charge on any atom is -0.465 e. The van der Waals surface area contributed by atoms with Crippen LogP contribution in [0.5, 0.6) is 0 Å². The highest BCUT2D eigenvalue weighted by atomic mass is 32.2. The number of hydrogen-bond acceptors (Lipinski definition) is 11. The predicted octanol–water partition coefficient (Wildman–Crippen LogP) is 4.42. The van der Waals surface area contributed by atoms with E-state index in [-0.39, 0.29) is 47.2 Å². The molecule has 1 unspecified atom stereocenters. The van der Waals surface area contributed by atoms with Gasteiger partial charge in [0.05, 0.1) is 10.8 Å². The number of ether oxygens (including phenoxy) is 1. The first-order chi connectivity index (χ1) is 25.9. The van der Waals surface area contributed by atoms with Gasteiger partial charge in [0.25, 0.3) is 18.0 Å². The molecule has 5 atom stereocenters. The lowest BCUT2D eigenvalue weighted by atomic mass is 9.92. The van der Waals surface area contributed by atoms with Crippen LogP contribution in [0, 0.1) is 16.6 Å². The van der Waals surface area contributed by atoms with Gasteiger partial charge in [0, 0.05) is 70.0 Å². The van der Waals surface area contributed by atoms with E-state index in [2.05, 4.69) is 11.9 Å². The van der Waals surface area contributed by atoms with Crippen LogP contribution in [-0.2, 0) is 24.3 Å². The van der Waals surface area contributed by atoms with Crippen LogP contribution in [0.1, 0.15) is 112 Å². The van der Waals surface area contributed by atoms with Crippen molar-refractivity contribution in [3.05, 3.63) is 63.5 Å². The Balaban J connectivity index is 1.37. The molecule has 0 bridgehead atoms. The van der Waals surface area contributed by atoms with Crippen molar-refractivity contribution in [2.24, 2.45) is 10.9 Å². The zero-order valence-electron chi connectivity index (χ0n) is 31.0. The van der Waals surface area contributed by atoms with Gasteiger partial charge in [0.15, 0.2) is 12.3 Å². The van der Waals surface area contributed by atoms with E-state index < -0.39 is 80.4 Å². The SMILES string of the molecule is C=CC(=O)C1CCC2=C(C2)N=C[C@@H]2CCCN2[C@@H](c2ccc3c(c2F)C(=O)N(C(=O)O)[C@H]3C(=O)NS(=O)(=O)C2CC2)CC[N+](=O)[C@H](NC(=O)OC(C)(C)C)C1. The van der Waals surface area contributed by atoms with Crippen molar-refractivity contribution in [3.8, 4) is 0 Å². The molecule has 2 fully saturated rings. The van der Waals surface area contributed by atoms with Crippen molar-refractivity contribution >= 4 is 46.0 Å². The number of halogens is 1. The highest BCUT2D eigenvalue weighted by Gasteiger charge is 2.50. The molecule has 55 heavy (non-hydrogen) atoms. The molecule has 3 aliphatic heterocycles. The van der Waals surface area contributed by atoms with Crippen LogP contribution in [0.4, 0.5) is 14.0 Å². The van der Waals surface area contributed by atoms with Crippen molar-refractivity contribution < 1.29 is 51.4 Å². The van der Waals surface area contributed by atoms with Crippen molar-refractivity contribution in [1.82, 2.24) is 19.8 Å². The van der Waals surface area contributed by atoms with Crippen LogP contribution in [0.2, 0.25) is 0 Å². The number of benzene rings is 1. The number of nitrogens with zero attached hydrogens (tertiary/aromatic N) is 4. The average Bonchev–Trinajstić information content (AvgIpc) is 4.02. The van der Waals surface area contributed by atoms with E-state index in [0.29, 0.717) is 56.3 Å². The number of amides is 4. The first-order valence-corrected chi connectivity index (χ1v) is 20.0. The normalized spacial score (nSPS) is 26.3. The third kappa shape index (κ3) is 8.69. The molecule has 2 aliphatic carbocycles. The third-order valence-corrected chi connectivity index (χ3v) is 12.4. The lowest BCUT2D eigenvalue weighted by molar-refractivity contribution is -0.593. The Morgan fingerprint density at radius 1 is 1.11 bits per heavy atom. The van der Waals surface area contributed by atoms with Crippen molar-refractivity contribution in [3.63, 3.8) is 0 Å². The molecule has 6 rings (SSSR count). The minimum atomic E-state index is -4.14. The number of carboxylic acid groups (broad SMARTS) is 1. The molecule has 18 heteroatoms. The summed E-state index contributed by atoms with van der Waals surface area (Å²) in [6, 6.07) is -0.590. The Bertz CT molecular complexity index is 2010. The molecular weight excluding hydrogens is 740 g/mol. The number of carbonyl (C=O) groups is 5. The average molecular weight is 786 g/mol. The monoisotopic (exact) mass is 785 g/mol. The number of ketones is 1. The van der Waals surface area contributed by atoms with Gasteiger partial charge in [-0.05, 0) is 77.5 Å². The van der Waals surface area contributed by atoms with Crippen LogP contribution in [0.15, 0.2) is 41.1 Å². The first kappa shape index (κ1) is 39.8. The molecule has 3 N–H and O–H groups in total. The van der Waals surface area contributed by atoms with E-state index in [1.165, 1.54) is 18.2 Å². The molecule has 296 valence electrons. The molecular formula is C37H46FN6O10S+.